The highest BCUT2D eigenvalue weighted by molar-refractivity contribution is 6.05. The number of alkyl halides is 2. The second-order valence-electron chi connectivity index (χ2n) is 5.33. The van der Waals surface area contributed by atoms with Crippen molar-refractivity contribution >= 4 is 17.8 Å². The third kappa shape index (κ3) is 5.50. The summed E-state index contributed by atoms with van der Waals surface area (Å²) in [5, 5.41) is 11.8. The number of imide groups is 1. The Morgan fingerprint density at radius 2 is 1.78 bits per heavy atom. The van der Waals surface area contributed by atoms with Crippen LogP contribution in [-0.4, -0.2) is 36.1 Å². The van der Waals surface area contributed by atoms with Gasteiger partial charge in [0.2, 0.25) is 0 Å². The number of hydrogen-bond donors (Lipinski definition) is 2. The van der Waals surface area contributed by atoms with Crippen LogP contribution < -0.4 is 10.1 Å². The van der Waals surface area contributed by atoms with Gasteiger partial charge in [-0.05, 0) is 42.8 Å². The van der Waals surface area contributed by atoms with E-state index in [1.165, 1.54) is 24.3 Å². The Bertz CT molecular complexity index is 851. The van der Waals surface area contributed by atoms with Gasteiger partial charge in [0.05, 0.1) is 0 Å². The van der Waals surface area contributed by atoms with Crippen molar-refractivity contribution in [1.29, 1.82) is 0 Å². The first-order valence-corrected chi connectivity index (χ1v) is 7.62. The van der Waals surface area contributed by atoms with Crippen LogP contribution in [0, 0.1) is 6.92 Å². The molecular weight excluding hydrogens is 364 g/mol. The molecule has 2 N–H and O–H groups in total. The summed E-state index contributed by atoms with van der Waals surface area (Å²) in [6.45, 7) is -2.15. The molecule has 0 heterocycles. The molecule has 0 saturated heterocycles. The Morgan fingerprint density at radius 3 is 2.41 bits per heavy atom. The summed E-state index contributed by atoms with van der Waals surface area (Å²) >= 11 is 0. The highest BCUT2D eigenvalue weighted by Crippen LogP contribution is 2.22. The zero-order valence-electron chi connectivity index (χ0n) is 14.1. The number of ether oxygens (including phenoxy) is 2. The van der Waals surface area contributed by atoms with Crippen LogP contribution in [0.1, 0.15) is 26.3 Å². The van der Waals surface area contributed by atoms with Crippen LogP contribution in [-0.2, 0) is 9.53 Å². The van der Waals surface area contributed by atoms with Crippen molar-refractivity contribution in [2.24, 2.45) is 0 Å². The molecule has 0 aliphatic rings. The number of carbonyl (C=O) groups excluding carboxylic acids is 3. The Labute approximate surface area is 152 Å². The summed E-state index contributed by atoms with van der Waals surface area (Å²) in [6.07, 6.45) is 0. The summed E-state index contributed by atoms with van der Waals surface area (Å²) in [7, 11) is 0. The fourth-order valence-electron chi connectivity index (χ4n) is 2.06. The summed E-state index contributed by atoms with van der Waals surface area (Å²) < 4.78 is 33.0. The number of amides is 2. The lowest BCUT2D eigenvalue weighted by Gasteiger charge is -2.08. The van der Waals surface area contributed by atoms with E-state index in [1.54, 1.807) is 13.0 Å². The van der Waals surface area contributed by atoms with Crippen molar-refractivity contribution in [3.8, 4) is 11.5 Å². The van der Waals surface area contributed by atoms with E-state index in [4.69, 9.17) is 4.74 Å². The van der Waals surface area contributed by atoms with Gasteiger partial charge in [-0.3, -0.25) is 14.9 Å². The lowest BCUT2D eigenvalue weighted by molar-refractivity contribution is -0.123. The molecule has 2 amide bonds. The van der Waals surface area contributed by atoms with Crippen molar-refractivity contribution in [1.82, 2.24) is 5.32 Å². The van der Waals surface area contributed by atoms with Gasteiger partial charge in [0.1, 0.15) is 17.1 Å². The predicted octanol–water partition coefficient (Wildman–Crippen LogP) is 2.42. The van der Waals surface area contributed by atoms with Gasteiger partial charge in [0.25, 0.3) is 11.8 Å². The number of para-hydroxylation sites is 1. The number of phenolic OH excluding ortho intramolecular Hbond substituents is 1. The number of benzene rings is 2. The highest BCUT2D eigenvalue weighted by Gasteiger charge is 2.17. The standard InChI is InChI=1S/C18H15F2NO6/c1-10-3-2-4-13(15(10)23)17(25)26-9-14(22)21-16(24)11-5-7-12(8-6-11)27-18(19)20/h2-8,18,23H,9H2,1H3,(H,21,22,24). The molecule has 0 aromatic heterocycles. The summed E-state index contributed by atoms with van der Waals surface area (Å²) in [5.41, 5.74) is 0.375. The molecule has 0 aliphatic carbocycles. The van der Waals surface area contributed by atoms with E-state index in [2.05, 4.69) is 4.74 Å². The van der Waals surface area contributed by atoms with Gasteiger partial charge in [0.15, 0.2) is 6.61 Å². The van der Waals surface area contributed by atoms with Gasteiger partial charge in [-0.2, -0.15) is 8.78 Å². The largest absolute Gasteiger partial charge is 0.507 e. The Morgan fingerprint density at radius 1 is 1.11 bits per heavy atom. The molecule has 2 aromatic rings. The minimum absolute atomic E-state index is 0.0209. The molecule has 0 bridgehead atoms. The molecule has 2 rings (SSSR count). The first-order chi connectivity index (χ1) is 12.8. The molecule has 7 nitrogen and oxygen atoms in total. The van der Waals surface area contributed by atoms with Gasteiger partial charge in [0, 0.05) is 5.56 Å². The molecule has 0 spiro atoms. The maximum absolute atomic E-state index is 12.1. The lowest BCUT2D eigenvalue weighted by atomic mass is 10.1. The predicted molar refractivity (Wildman–Crippen MR) is 88.7 cm³/mol. The second kappa shape index (κ2) is 8.75. The van der Waals surface area contributed by atoms with E-state index >= 15 is 0 Å². The highest BCUT2D eigenvalue weighted by atomic mass is 19.3. The molecule has 0 radical (unpaired) electrons. The summed E-state index contributed by atoms with van der Waals surface area (Å²) in [4.78, 5) is 35.5. The van der Waals surface area contributed by atoms with Crippen molar-refractivity contribution in [3.05, 3.63) is 59.2 Å². The number of hydrogen-bond acceptors (Lipinski definition) is 6. The van der Waals surface area contributed by atoms with Crippen molar-refractivity contribution in [2.45, 2.75) is 13.5 Å². The molecule has 142 valence electrons. The zero-order valence-corrected chi connectivity index (χ0v) is 14.1. The molecule has 2 aromatic carbocycles. The van der Waals surface area contributed by atoms with E-state index in [-0.39, 0.29) is 22.6 Å². The van der Waals surface area contributed by atoms with Gasteiger partial charge in [-0.25, -0.2) is 4.79 Å². The number of carbonyl (C=O) groups is 3. The van der Waals surface area contributed by atoms with Crippen LogP contribution in [0.5, 0.6) is 11.5 Å². The second-order valence-corrected chi connectivity index (χ2v) is 5.33. The molecular formula is C18H15F2NO6. The molecule has 9 heteroatoms. The van der Waals surface area contributed by atoms with E-state index in [0.717, 1.165) is 12.1 Å². The maximum Gasteiger partial charge on any atom is 0.387 e. The van der Waals surface area contributed by atoms with Crippen LogP contribution in [0.4, 0.5) is 8.78 Å². The molecule has 0 unspecified atom stereocenters. The van der Waals surface area contributed by atoms with Crippen LogP contribution in [0.2, 0.25) is 0 Å². The monoisotopic (exact) mass is 379 g/mol. The van der Waals surface area contributed by atoms with Gasteiger partial charge in [-0.15, -0.1) is 0 Å². The Hall–Kier alpha value is -3.49. The number of halogens is 2. The van der Waals surface area contributed by atoms with Crippen molar-refractivity contribution in [3.63, 3.8) is 0 Å². The number of esters is 1. The minimum Gasteiger partial charge on any atom is -0.507 e. The summed E-state index contributed by atoms with van der Waals surface area (Å²) in [6, 6.07) is 9.13. The third-order valence-corrected chi connectivity index (χ3v) is 3.39. The van der Waals surface area contributed by atoms with E-state index in [9.17, 15) is 28.3 Å². The molecule has 0 fully saturated rings. The number of aryl methyl sites for hydroxylation is 1. The Balaban J connectivity index is 1.88. The smallest absolute Gasteiger partial charge is 0.387 e. The number of aromatic hydroxyl groups is 1. The molecule has 0 saturated carbocycles. The topological polar surface area (TPSA) is 102 Å². The van der Waals surface area contributed by atoms with Crippen molar-refractivity contribution < 1.29 is 37.7 Å². The fourth-order valence-corrected chi connectivity index (χ4v) is 2.06. The average Bonchev–Trinajstić information content (AvgIpc) is 2.62. The van der Waals surface area contributed by atoms with Crippen LogP contribution in [0.15, 0.2) is 42.5 Å². The maximum atomic E-state index is 12.1. The fraction of sp³-hybridized carbons (Fsp3) is 0.167. The molecule has 0 atom stereocenters. The van der Waals surface area contributed by atoms with Crippen LogP contribution in [0.25, 0.3) is 0 Å². The van der Waals surface area contributed by atoms with Gasteiger partial charge in [-0.1, -0.05) is 12.1 Å². The SMILES string of the molecule is Cc1cccc(C(=O)OCC(=O)NC(=O)c2ccc(OC(F)F)cc2)c1O. The first-order valence-electron chi connectivity index (χ1n) is 7.62. The number of rotatable bonds is 6. The van der Waals surface area contributed by atoms with E-state index < -0.39 is 31.0 Å². The normalized spacial score (nSPS) is 10.4. The third-order valence-electron chi connectivity index (χ3n) is 3.39. The van der Waals surface area contributed by atoms with Crippen molar-refractivity contribution in [2.75, 3.05) is 6.61 Å². The number of nitrogens with one attached hydrogen (secondary N) is 1. The zero-order chi connectivity index (χ0) is 20.0. The van der Waals surface area contributed by atoms with Gasteiger partial charge >= 0.3 is 12.6 Å². The average molecular weight is 379 g/mol. The van der Waals surface area contributed by atoms with Crippen LogP contribution in [0.3, 0.4) is 0 Å². The van der Waals surface area contributed by atoms with Crippen LogP contribution >= 0.6 is 0 Å². The molecule has 27 heavy (non-hydrogen) atoms. The summed E-state index contributed by atoms with van der Waals surface area (Å²) in [5.74, 6) is -3.02. The quantitative estimate of drug-likeness (QED) is 0.748. The Kier molecular flexibility index (Phi) is 6.42. The lowest BCUT2D eigenvalue weighted by Crippen LogP contribution is -2.34. The van der Waals surface area contributed by atoms with Gasteiger partial charge < -0.3 is 14.6 Å². The first kappa shape index (κ1) is 19.8. The molecule has 0 aliphatic heterocycles. The minimum atomic E-state index is -2.99. The van der Waals surface area contributed by atoms with E-state index in [1.807, 2.05) is 5.32 Å². The van der Waals surface area contributed by atoms with E-state index in [0.29, 0.717) is 5.56 Å². The number of phenols is 1.